The summed E-state index contributed by atoms with van der Waals surface area (Å²) >= 11 is 0. The second-order valence-electron chi connectivity index (χ2n) is 11.7. The molecule has 1 atom stereocenters. The number of hydrogen-bond donors (Lipinski definition) is 4. The first-order valence-electron chi connectivity index (χ1n) is 14.4. The van der Waals surface area contributed by atoms with Gasteiger partial charge in [-0.05, 0) is 61.9 Å². The number of nitrogens with zero attached hydrogens (tertiary/aromatic N) is 3. The van der Waals surface area contributed by atoms with E-state index < -0.39 is 11.6 Å². The molecule has 6 aromatic rings. The third-order valence-corrected chi connectivity index (χ3v) is 7.82. The molecule has 8 heteroatoms. The minimum Gasteiger partial charge on any atom is -0.361 e. The molecule has 214 valence electrons. The Labute approximate surface area is 245 Å². The molecular formula is C34H37N7O. The summed E-state index contributed by atoms with van der Waals surface area (Å²) in [5.74, 6) is 1.34. The van der Waals surface area contributed by atoms with E-state index in [1.54, 1.807) is 13.8 Å². The van der Waals surface area contributed by atoms with Gasteiger partial charge in [-0.1, -0.05) is 66.2 Å². The molecule has 3 aromatic carbocycles. The summed E-state index contributed by atoms with van der Waals surface area (Å²) in [7, 11) is 0. The maximum atomic E-state index is 13.2. The number of carbonyl (C=O) groups excluding carboxylic acids is 1. The smallest absolute Gasteiger partial charge is 0.240 e. The van der Waals surface area contributed by atoms with Crippen LogP contribution in [-0.4, -0.2) is 36.2 Å². The van der Waals surface area contributed by atoms with E-state index in [0.717, 1.165) is 45.5 Å². The number of aromatic nitrogens is 5. The van der Waals surface area contributed by atoms with E-state index >= 15 is 0 Å². The van der Waals surface area contributed by atoms with Crippen LogP contribution in [0.5, 0.6) is 0 Å². The monoisotopic (exact) mass is 559 g/mol. The zero-order valence-corrected chi connectivity index (χ0v) is 24.3. The number of para-hydroxylation sites is 2. The van der Waals surface area contributed by atoms with E-state index in [2.05, 4.69) is 92.5 Å². The van der Waals surface area contributed by atoms with Gasteiger partial charge in [0.25, 0.3) is 0 Å². The van der Waals surface area contributed by atoms with Crippen LogP contribution in [0.15, 0.2) is 85.1 Å². The molecule has 3 heterocycles. The Morgan fingerprint density at radius 3 is 2.48 bits per heavy atom. The summed E-state index contributed by atoms with van der Waals surface area (Å²) < 4.78 is 2.16. The van der Waals surface area contributed by atoms with Crippen molar-refractivity contribution in [2.75, 3.05) is 0 Å². The third kappa shape index (κ3) is 5.85. The van der Waals surface area contributed by atoms with Crippen molar-refractivity contribution in [2.45, 2.75) is 58.2 Å². The van der Waals surface area contributed by atoms with Crippen molar-refractivity contribution < 1.29 is 4.79 Å². The van der Waals surface area contributed by atoms with Crippen molar-refractivity contribution in [1.29, 1.82) is 0 Å². The first kappa shape index (κ1) is 27.5. The van der Waals surface area contributed by atoms with Gasteiger partial charge in [-0.15, -0.1) is 10.2 Å². The number of rotatable bonds is 10. The van der Waals surface area contributed by atoms with Crippen LogP contribution in [0.3, 0.4) is 0 Å². The average molecular weight is 560 g/mol. The summed E-state index contributed by atoms with van der Waals surface area (Å²) in [4.78, 5) is 20.1. The molecule has 5 N–H and O–H groups in total. The lowest BCUT2D eigenvalue weighted by Crippen LogP contribution is -2.50. The van der Waals surface area contributed by atoms with Crippen LogP contribution in [0, 0.1) is 6.92 Å². The van der Waals surface area contributed by atoms with Gasteiger partial charge in [0.2, 0.25) is 5.91 Å². The number of fused-ring (bicyclic) bond motifs is 2. The highest BCUT2D eigenvalue weighted by Crippen LogP contribution is 2.26. The van der Waals surface area contributed by atoms with E-state index in [4.69, 9.17) is 10.8 Å². The van der Waals surface area contributed by atoms with E-state index in [1.165, 1.54) is 10.9 Å². The van der Waals surface area contributed by atoms with Crippen LogP contribution >= 0.6 is 0 Å². The third-order valence-electron chi connectivity index (χ3n) is 7.82. The first-order chi connectivity index (χ1) is 20.2. The molecule has 0 aliphatic carbocycles. The molecule has 0 aliphatic heterocycles. The van der Waals surface area contributed by atoms with E-state index in [9.17, 15) is 4.79 Å². The van der Waals surface area contributed by atoms with Gasteiger partial charge >= 0.3 is 0 Å². The topological polar surface area (TPSA) is 117 Å². The normalized spacial score (nSPS) is 12.7. The molecule has 0 aliphatic rings. The summed E-state index contributed by atoms with van der Waals surface area (Å²) in [6.45, 7) is 6.11. The molecule has 6 rings (SSSR count). The minimum atomic E-state index is -1.04. The van der Waals surface area contributed by atoms with Crippen molar-refractivity contribution >= 4 is 27.7 Å². The van der Waals surface area contributed by atoms with Crippen LogP contribution in [0.1, 0.15) is 53.9 Å². The van der Waals surface area contributed by atoms with Gasteiger partial charge in [0, 0.05) is 41.2 Å². The molecule has 0 saturated heterocycles. The van der Waals surface area contributed by atoms with Crippen LogP contribution in [0.4, 0.5) is 0 Å². The average Bonchev–Trinajstić information content (AvgIpc) is 3.69. The molecule has 1 unspecified atom stereocenters. The number of aromatic amines is 2. The molecule has 0 radical (unpaired) electrons. The maximum absolute atomic E-state index is 13.2. The Balaban J connectivity index is 1.37. The Hall–Kier alpha value is -4.69. The molecule has 0 saturated carbocycles. The van der Waals surface area contributed by atoms with Gasteiger partial charge in [0.15, 0.2) is 5.82 Å². The largest absolute Gasteiger partial charge is 0.361 e. The van der Waals surface area contributed by atoms with Crippen LogP contribution in [-0.2, 0) is 30.6 Å². The number of aryl methyl sites for hydroxylation is 3. The van der Waals surface area contributed by atoms with Gasteiger partial charge in [-0.3, -0.25) is 4.79 Å². The van der Waals surface area contributed by atoms with Gasteiger partial charge in [-0.2, -0.15) is 0 Å². The molecule has 1 amide bonds. The SMILES string of the molecule is Cc1ccc(Cn2c(CCc3cc4ccccc4[nH]3)nnc2C(Cc2c[nH]c3ccccc23)NC(=O)C(C)(C)N)cc1. The second-order valence-corrected chi connectivity index (χ2v) is 11.7. The fourth-order valence-electron chi connectivity index (χ4n) is 5.43. The molecule has 0 fully saturated rings. The zero-order chi connectivity index (χ0) is 29.3. The number of hydrogen-bond acceptors (Lipinski definition) is 4. The van der Waals surface area contributed by atoms with Crippen molar-refractivity contribution in [3.05, 3.63) is 119 Å². The number of amides is 1. The lowest BCUT2D eigenvalue weighted by atomic mass is 10.0. The molecule has 0 spiro atoms. The number of nitrogens with one attached hydrogen (secondary N) is 3. The van der Waals surface area contributed by atoms with Gasteiger partial charge in [0.1, 0.15) is 5.82 Å². The highest BCUT2D eigenvalue weighted by atomic mass is 16.2. The predicted molar refractivity (Wildman–Crippen MR) is 167 cm³/mol. The Morgan fingerprint density at radius 1 is 0.976 bits per heavy atom. The van der Waals surface area contributed by atoms with Crippen molar-refractivity contribution in [2.24, 2.45) is 5.73 Å². The molecule has 3 aromatic heterocycles. The minimum absolute atomic E-state index is 0.239. The summed E-state index contributed by atoms with van der Waals surface area (Å²) in [6, 6.07) is 26.7. The fourth-order valence-corrected chi connectivity index (χ4v) is 5.43. The van der Waals surface area contributed by atoms with Crippen LogP contribution in [0.25, 0.3) is 21.8 Å². The quantitative estimate of drug-likeness (QED) is 0.177. The molecule has 8 nitrogen and oxygen atoms in total. The predicted octanol–water partition coefficient (Wildman–Crippen LogP) is 5.52. The highest BCUT2D eigenvalue weighted by Gasteiger charge is 2.29. The van der Waals surface area contributed by atoms with E-state index in [1.807, 2.05) is 24.4 Å². The summed E-state index contributed by atoms with van der Waals surface area (Å²) in [5, 5.41) is 14.9. The van der Waals surface area contributed by atoms with Gasteiger partial charge < -0.3 is 25.6 Å². The first-order valence-corrected chi connectivity index (χ1v) is 14.4. The fraction of sp³-hybridized carbons (Fsp3) is 0.265. The van der Waals surface area contributed by atoms with Gasteiger partial charge in [0.05, 0.1) is 18.1 Å². The molecule has 42 heavy (non-hydrogen) atoms. The highest BCUT2D eigenvalue weighted by molar-refractivity contribution is 5.86. The van der Waals surface area contributed by atoms with Crippen LogP contribution in [0.2, 0.25) is 0 Å². The zero-order valence-electron chi connectivity index (χ0n) is 24.3. The Morgan fingerprint density at radius 2 is 1.71 bits per heavy atom. The van der Waals surface area contributed by atoms with E-state index in [-0.39, 0.29) is 5.91 Å². The maximum Gasteiger partial charge on any atom is 0.240 e. The number of H-pyrrole nitrogens is 2. The lowest BCUT2D eigenvalue weighted by molar-refractivity contribution is -0.126. The van der Waals surface area contributed by atoms with Crippen molar-refractivity contribution in [1.82, 2.24) is 30.0 Å². The molecule has 0 bridgehead atoms. The second kappa shape index (κ2) is 11.3. The number of carbonyl (C=O) groups is 1. The standard InChI is InChI=1S/C34H37N7O/c1-22-12-14-23(15-13-22)21-41-31(17-16-26-18-24-8-4-6-10-28(24)37-26)39-40-32(41)30(38-33(42)34(2,3)35)19-25-20-36-29-11-7-5-9-27(25)29/h4-15,18,20,30,36-37H,16-17,19,21,35H2,1-3H3,(H,38,42). The summed E-state index contributed by atoms with van der Waals surface area (Å²) in [6.07, 6.45) is 4.03. The lowest BCUT2D eigenvalue weighted by Gasteiger charge is -2.25. The van der Waals surface area contributed by atoms with Crippen molar-refractivity contribution in [3.63, 3.8) is 0 Å². The summed E-state index contributed by atoms with van der Waals surface area (Å²) in [5.41, 5.74) is 12.0. The Bertz CT molecular complexity index is 1800. The van der Waals surface area contributed by atoms with E-state index in [0.29, 0.717) is 25.2 Å². The Kier molecular flexibility index (Phi) is 7.39. The van der Waals surface area contributed by atoms with Crippen molar-refractivity contribution in [3.8, 4) is 0 Å². The number of benzene rings is 3. The molecular weight excluding hydrogens is 522 g/mol. The number of nitrogens with two attached hydrogens (primary N) is 1. The van der Waals surface area contributed by atoms with Gasteiger partial charge in [-0.25, -0.2) is 0 Å². The van der Waals surface area contributed by atoms with Crippen LogP contribution < -0.4 is 11.1 Å².